The largest absolute Gasteiger partial charge is 0.465 e. The Morgan fingerprint density at radius 1 is 1.14 bits per heavy atom. The third kappa shape index (κ3) is 2.98. The summed E-state index contributed by atoms with van der Waals surface area (Å²) in [6.45, 7) is 0.940. The molecule has 0 saturated carbocycles. The molecular formula is C20H17N3O5. The monoisotopic (exact) mass is 379 g/mol. The number of amides is 1. The maximum atomic E-state index is 12.8. The fraction of sp³-hybridized carbons (Fsp3) is 0.200. The predicted octanol–water partition coefficient (Wildman–Crippen LogP) is 3.06. The first-order valence-corrected chi connectivity index (χ1v) is 8.73. The quantitative estimate of drug-likeness (QED) is 0.428. The number of fused-ring (bicyclic) bond motifs is 3. The first-order valence-electron chi connectivity index (χ1n) is 8.73. The molecule has 0 fully saturated rings. The van der Waals surface area contributed by atoms with Crippen LogP contribution in [-0.4, -0.2) is 40.3 Å². The van der Waals surface area contributed by atoms with Crippen LogP contribution in [0.4, 0.5) is 5.69 Å². The number of nitro benzene ring substituents is 1. The van der Waals surface area contributed by atoms with Gasteiger partial charge in [-0.3, -0.25) is 14.9 Å². The van der Waals surface area contributed by atoms with Gasteiger partial charge in [0.15, 0.2) is 0 Å². The molecule has 0 saturated heterocycles. The highest BCUT2D eigenvalue weighted by Gasteiger charge is 2.25. The number of aromatic nitrogens is 1. The van der Waals surface area contributed by atoms with Crippen LogP contribution >= 0.6 is 0 Å². The van der Waals surface area contributed by atoms with Crippen LogP contribution in [0, 0.1) is 10.1 Å². The van der Waals surface area contributed by atoms with Crippen molar-refractivity contribution in [3.63, 3.8) is 0 Å². The number of nitro groups is 1. The van der Waals surface area contributed by atoms with E-state index in [1.807, 2.05) is 6.07 Å². The van der Waals surface area contributed by atoms with Gasteiger partial charge in [0.25, 0.3) is 11.6 Å². The van der Waals surface area contributed by atoms with Gasteiger partial charge in [-0.1, -0.05) is 0 Å². The second-order valence-corrected chi connectivity index (χ2v) is 6.61. The summed E-state index contributed by atoms with van der Waals surface area (Å²) in [5, 5.41) is 11.7. The molecule has 2 heterocycles. The van der Waals surface area contributed by atoms with Crippen molar-refractivity contribution in [1.82, 2.24) is 9.88 Å². The SMILES string of the molecule is COC(=O)c1ccc2[nH]c3c(c2c1)CN(C(=O)c1ccc([N+](=O)[O-])cc1)CC3. The molecule has 1 N–H and O–H groups in total. The van der Waals surface area contributed by atoms with Crippen molar-refractivity contribution in [2.75, 3.05) is 13.7 Å². The average Bonchev–Trinajstić information content (AvgIpc) is 3.09. The molecule has 3 aromatic rings. The molecule has 142 valence electrons. The Bertz CT molecular complexity index is 1100. The maximum Gasteiger partial charge on any atom is 0.337 e. The molecule has 1 amide bonds. The number of nitrogens with one attached hydrogen (secondary N) is 1. The van der Waals surface area contributed by atoms with Gasteiger partial charge in [0.05, 0.1) is 17.6 Å². The van der Waals surface area contributed by atoms with E-state index in [2.05, 4.69) is 4.98 Å². The van der Waals surface area contributed by atoms with Crippen molar-refractivity contribution < 1.29 is 19.2 Å². The van der Waals surface area contributed by atoms with Crippen LogP contribution in [0.15, 0.2) is 42.5 Å². The molecule has 0 radical (unpaired) electrons. The number of carbonyl (C=O) groups is 2. The number of esters is 1. The number of hydrogen-bond acceptors (Lipinski definition) is 5. The standard InChI is InChI=1S/C20H17N3O5/c1-28-20(25)13-4-7-17-15(10-13)16-11-22(9-8-18(16)21-17)19(24)12-2-5-14(6-3-12)23(26)27/h2-7,10,21H,8-9,11H2,1H3. The number of carbonyl (C=O) groups excluding carboxylic acids is 2. The van der Waals surface area contributed by atoms with E-state index in [-0.39, 0.29) is 11.6 Å². The van der Waals surface area contributed by atoms with E-state index >= 15 is 0 Å². The highest BCUT2D eigenvalue weighted by Crippen LogP contribution is 2.29. The van der Waals surface area contributed by atoms with E-state index in [4.69, 9.17) is 4.74 Å². The number of aromatic amines is 1. The van der Waals surface area contributed by atoms with Crippen LogP contribution in [0.25, 0.3) is 10.9 Å². The van der Waals surface area contributed by atoms with E-state index in [0.29, 0.717) is 30.6 Å². The molecule has 1 aromatic heterocycles. The summed E-state index contributed by atoms with van der Waals surface area (Å²) in [4.78, 5) is 40.0. The number of rotatable bonds is 3. The molecule has 0 bridgehead atoms. The van der Waals surface area contributed by atoms with E-state index < -0.39 is 10.9 Å². The van der Waals surface area contributed by atoms with Crippen LogP contribution in [-0.2, 0) is 17.7 Å². The van der Waals surface area contributed by atoms with Gasteiger partial charge in [-0.05, 0) is 30.3 Å². The minimum Gasteiger partial charge on any atom is -0.465 e. The number of nitrogens with zero attached hydrogens (tertiary/aromatic N) is 2. The highest BCUT2D eigenvalue weighted by molar-refractivity contribution is 5.97. The number of benzene rings is 2. The molecule has 28 heavy (non-hydrogen) atoms. The molecule has 0 spiro atoms. The number of ether oxygens (including phenoxy) is 1. The lowest BCUT2D eigenvalue weighted by atomic mass is 10.0. The van der Waals surface area contributed by atoms with Gasteiger partial charge in [-0.2, -0.15) is 0 Å². The van der Waals surface area contributed by atoms with Crippen LogP contribution in [0.2, 0.25) is 0 Å². The second-order valence-electron chi connectivity index (χ2n) is 6.61. The zero-order valence-electron chi connectivity index (χ0n) is 15.1. The van der Waals surface area contributed by atoms with Gasteiger partial charge in [-0.25, -0.2) is 4.79 Å². The van der Waals surface area contributed by atoms with E-state index in [1.54, 1.807) is 17.0 Å². The first kappa shape index (κ1) is 17.7. The van der Waals surface area contributed by atoms with Gasteiger partial charge in [-0.15, -0.1) is 0 Å². The van der Waals surface area contributed by atoms with Crippen LogP contribution in [0.1, 0.15) is 32.0 Å². The summed E-state index contributed by atoms with van der Waals surface area (Å²) < 4.78 is 4.79. The minimum atomic E-state index is -0.494. The van der Waals surface area contributed by atoms with E-state index in [9.17, 15) is 19.7 Å². The number of non-ortho nitro benzene ring substituents is 1. The third-order valence-electron chi connectivity index (χ3n) is 5.01. The molecule has 0 aliphatic carbocycles. The number of H-pyrrole nitrogens is 1. The zero-order valence-corrected chi connectivity index (χ0v) is 15.1. The Morgan fingerprint density at radius 2 is 1.86 bits per heavy atom. The lowest BCUT2D eigenvalue weighted by molar-refractivity contribution is -0.384. The summed E-state index contributed by atoms with van der Waals surface area (Å²) in [5.41, 5.74) is 3.73. The smallest absolute Gasteiger partial charge is 0.337 e. The molecule has 4 rings (SSSR count). The third-order valence-corrected chi connectivity index (χ3v) is 5.01. The molecule has 8 nitrogen and oxygen atoms in total. The van der Waals surface area contributed by atoms with Gasteiger partial charge in [0.1, 0.15) is 0 Å². The highest BCUT2D eigenvalue weighted by atomic mass is 16.6. The van der Waals surface area contributed by atoms with Crippen LogP contribution in [0.5, 0.6) is 0 Å². The van der Waals surface area contributed by atoms with Crippen molar-refractivity contribution in [3.05, 3.63) is 75.0 Å². The molecule has 0 atom stereocenters. The Labute approximate surface area is 159 Å². The summed E-state index contributed by atoms with van der Waals surface area (Å²) >= 11 is 0. The normalized spacial score (nSPS) is 13.2. The molecule has 1 aliphatic heterocycles. The molecular weight excluding hydrogens is 362 g/mol. The van der Waals surface area contributed by atoms with Crippen molar-refractivity contribution in [2.45, 2.75) is 13.0 Å². The van der Waals surface area contributed by atoms with Gasteiger partial charge < -0.3 is 14.6 Å². The molecule has 2 aromatic carbocycles. The predicted molar refractivity (Wildman–Crippen MR) is 101 cm³/mol. The summed E-state index contributed by atoms with van der Waals surface area (Å²) in [6, 6.07) is 10.9. The van der Waals surface area contributed by atoms with E-state index in [0.717, 1.165) is 22.2 Å². The zero-order chi connectivity index (χ0) is 19.8. The number of hydrogen-bond donors (Lipinski definition) is 1. The molecule has 1 aliphatic rings. The average molecular weight is 379 g/mol. The van der Waals surface area contributed by atoms with Crippen LogP contribution in [0.3, 0.4) is 0 Å². The Hall–Kier alpha value is -3.68. The fourth-order valence-corrected chi connectivity index (χ4v) is 3.54. The fourth-order valence-electron chi connectivity index (χ4n) is 3.54. The van der Waals surface area contributed by atoms with Gasteiger partial charge in [0.2, 0.25) is 0 Å². The van der Waals surface area contributed by atoms with Gasteiger partial charge in [0, 0.05) is 59.4 Å². The maximum absolute atomic E-state index is 12.8. The number of methoxy groups -OCH3 is 1. The first-order chi connectivity index (χ1) is 13.5. The minimum absolute atomic E-state index is 0.0514. The van der Waals surface area contributed by atoms with Crippen molar-refractivity contribution >= 4 is 28.5 Å². The van der Waals surface area contributed by atoms with Crippen molar-refractivity contribution in [3.8, 4) is 0 Å². The Kier molecular flexibility index (Phi) is 4.31. The lowest BCUT2D eigenvalue weighted by Gasteiger charge is -2.27. The molecule has 8 heteroatoms. The van der Waals surface area contributed by atoms with E-state index in [1.165, 1.54) is 31.4 Å². The Balaban J connectivity index is 1.63. The van der Waals surface area contributed by atoms with Crippen molar-refractivity contribution in [1.29, 1.82) is 0 Å². The summed E-state index contributed by atoms with van der Waals surface area (Å²) in [6.07, 6.45) is 0.663. The molecule has 0 unspecified atom stereocenters. The van der Waals surface area contributed by atoms with Gasteiger partial charge >= 0.3 is 5.97 Å². The topological polar surface area (TPSA) is 106 Å². The Morgan fingerprint density at radius 3 is 2.54 bits per heavy atom. The van der Waals surface area contributed by atoms with Crippen LogP contribution < -0.4 is 0 Å². The second kappa shape index (κ2) is 6.80. The lowest BCUT2D eigenvalue weighted by Crippen LogP contribution is -2.35. The summed E-state index contributed by atoms with van der Waals surface area (Å²) in [7, 11) is 1.34. The van der Waals surface area contributed by atoms with Crippen molar-refractivity contribution in [2.24, 2.45) is 0 Å². The summed E-state index contributed by atoms with van der Waals surface area (Å²) in [5.74, 6) is -0.592.